The maximum atomic E-state index is 9.59. The van der Waals surface area contributed by atoms with Crippen molar-refractivity contribution in [1.29, 1.82) is 5.26 Å². The molecule has 0 saturated heterocycles. The van der Waals surface area contributed by atoms with Crippen molar-refractivity contribution in [3.63, 3.8) is 0 Å². The first-order chi connectivity index (χ1) is 8.78. The van der Waals surface area contributed by atoms with E-state index in [1.165, 1.54) is 38.5 Å². The third kappa shape index (κ3) is 3.46. The van der Waals surface area contributed by atoms with E-state index >= 15 is 0 Å². The first-order valence-electron chi connectivity index (χ1n) is 7.50. The van der Waals surface area contributed by atoms with Crippen LogP contribution in [0.3, 0.4) is 0 Å². The molecule has 0 amide bonds. The highest BCUT2D eigenvalue weighted by Crippen LogP contribution is 2.31. The number of nitrogens with zero attached hydrogens (tertiary/aromatic N) is 1. The van der Waals surface area contributed by atoms with Crippen LogP contribution in [0.1, 0.15) is 64.2 Å². The Labute approximate surface area is 111 Å². The van der Waals surface area contributed by atoms with E-state index < -0.39 is 0 Å². The summed E-state index contributed by atoms with van der Waals surface area (Å²) in [6.45, 7) is 0. The van der Waals surface area contributed by atoms with Crippen LogP contribution < -0.4 is 5.32 Å². The molecule has 0 aromatic heterocycles. The fourth-order valence-electron chi connectivity index (χ4n) is 3.50. The molecule has 2 atom stereocenters. The lowest BCUT2D eigenvalue weighted by molar-refractivity contribution is 0.0415. The topological polar surface area (TPSA) is 45.0 Å². The number of nitrogens with one attached hydrogen (secondary N) is 1. The molecule has 2 saturated carbocycles. The minimum Gasteiger partial charge on any atom is -0.381 e. The lowest BCUT2D eigenvalue weighted by Crippen LogP contribution is -2.53. The third-order valence-corrected chi connectivity index (χ3v) is 4.59. The van der Waals surface area contributed by atoms with E-state index in [-0.39, 0.29) is 11.6 Å². The summed E-state index contributed by atoms with van der Waals surface area (Å²) in [7, 11) is 1.77. The number of hydrogen-bond donors (Lipinski definition) is 1. The fraction of sp³-hybridized carbons (Fsp3) is 0.933. The fourth-order valence-corrected chi connectivity index (χ4v) is 3.50. The van der Waals surface area contributed by atoms with E-state index in [1.807, 2.05) is 0 Å². The summed E-state index contributed by atoms with van der Waals surface area (Å²) in [6.07, 6.45) is 12.1. The molecule has 2 rings (SSSR count). The molecule has 2 fully saturated rings. The Morgan fingerprint density at radius 2 is 1.83 bits per heavy atom. The molecule has 0 heterocycles. The van der Waals surface area contributed by atoms with Crippen LogP contribution in [0, 0.1) is 11.3 Å². The van der Waals surface area contributed by atoms with Crippen LogP contribution >= 0.6 is 0 Å². The van der Waals surface area contributed by atoms with Gasteiger partial charge >= 0.3 is 0 Å². The van der Waals surface area contributed by atoms with Crippen LogP contribution in [-0.4, -0.2) is 24.8 Å². The summed E-state index contributed by atoms with van der Waals surface area (Å²) in [4.78, 5) is 0. The first-order valence-corrected chi connectivity index (χ1v) is 7.50. The van der Waals surface area contributed by atoms with Crippen LogP contribution in [0.25, 0.3) is 0 Å². The smallest absolute Gasteiger partial charge is 0.109 e. The molecule has 0 radical (unpaired) electrons. The Balaban J connectivity index is 1.96. The zero-order valence-electron chi connectivity index (χ0n) is 11.6. The van der Waals surface area contributed by atoms with Crippen LogP contribution in [0.15, 0.2) is 0 Å². The van der Waals surface area contributed by atoms with E-state index in [0.717, 1.165) is 25.7 Å². The highest BCUT2D eigenvalue weighted by atomic mass is 16.5. The SMILES string of the molecule is COC1CCCC(C#N)(NC2CCCCCC2)C1. The zero-order chi connectivity index (χ0) is 12.8. The van der Waals surface area contributed by atoms with Gasteiger partial charge in [0.15, 0.2) is 0 Å². The summed E-state index contributed by atoms with van der Waals surface area (Å²) in [5, 5.41) is 13.3. The van der Waals surface area contributed by atoms with Gasteiger partial charge in [-0.15, -0.1) is 0 Å². The van der Waals surface area contributed by atoms with Gasteiger partial charge in [0.2, 0.25) is 0 Å². The third-order valence-electron chi connectivity index (χ3n) is 4.59. The maximum absolute atomic E-state index is 9.59. The Morgan fingerprint density at radius 3 is 2.44 bits per heavy atom. The van der Waals surface area contributed by atoms with E-state index in [4.69, 9.17) is 4.74 Å². The normalized spacial score (nSPS) is 34.8. The minimum absolute atomic E-state index is 0.261. The number of methoxy groups -OCH3 is 1. The van der Waals surface area contributed by atoms with Crippen LogP contribution in [0.2, 0.25) is 0 Å². The molecular weight excluding hydrogens is 224 g/mol. The van der Waals surface area contributed by atoms with E-state index in [0.29, 0.717) is 6.04 Å². The summed E-state index contributed by atoms with van der Waals surface area (Å²) in [6, 6.07) is 3.10. The Kier molecular flexibility index (Phi) is 5.03. The largest absolute Gasteiger partial charge is 0.381 e. The van der Waals surface area contributed by atoms with Gasteiger partial charge in [-0.3, -0.25) is 5.32 Å². The predicted octanol–water partition coefficient (Wildman–Crippen LogP) is 3.15. The molecule has 3 heteroatoms. The maximum Gasteiger partial charge on any atom is 0.109 e. The predicted molar refractivity (Wildman–Crippen MR) is 72.2 cm³/mol. The van der Waals surface area contributed by atoms with Gasteiger partial charge in [0.05, 0.1) is 12.2 Å². The van der Waals surface area contributed by atoms with E-state index in [1.54, 1.807) is 7.11 Å². The van der Waals surface area contributed by atoms with Crippen molar-refractivity contribution in [3.8, 4) is 6.07 Å². The van der Waals surface area contributed by atoms with Crippen LogP contribution in [0.5, 0.6) is 0 Å². The monoisotopic (exact) mass is 250 g/mol. The van der Waals surface area contributed by atoms with Gasteiger partial charge < -0.3 is 4.74 Å². The van der Waals surface area contributed by atoms with Gasteiger partial charge in [0.25, 0.3) is 0 Å². The van der Waals surface area contributed by atoms with Crippen molar-refractivity contribution in [2.45, 2.75) is 81.9 Å². The van der Waals surface area contributed by atoms with Crippen molar-refractivity contribution < 1.29 is 4.74 Å². The molecule has 0 spiro atoms. The molecule has 3 nitrogen and oxygen atoms in total. The van der Waals surface area contributed by atoms with Crippen LogP contribution in [0.4, 0.5) is 0 Å². The molecule has 2 aliphatic carbocycles. The molecule has 2 aliphatic rings. The number of nitriles is 1. The van der Waals surface area contributed by atoms with Gasteiger partial charge in [-0.05, 0) is 32.1 Å². The molecule has 18 heavy (non-hydrogen) atoms. The second-order valence-corrected chi connectivity index (χ2v) is 5.98. The lowest BCUT2D eigenvalue weighted by atomic mass is 9.80. The molecular formula is C15H26N2O. The molecule has 0 aromatic rings. The number of hydrogen-bond acceptors (Lipinski definition) is 3. The standard InChI is InChI=1S/C15H26N2O/c1-18-14-9-6-10-15(11-14,12-16)17-13-7-4-2-3-5-8-13/h13-14,17H,2-11H2,1H3. The molecule has 102 valence electrons. The number of ether oxygens (including phenoxy) is 1. The number of rotatable bonds is 3. The van der Waals surface area contributed by atoms with E-state index in [9.17, 15) is 5.26 Å². The highest BCUT2D eigenvalue weighted by molar-refractivity contribution is 5.11. The molecule has 1 N–H and O–H groups in total. The van der Waals surface area contributed by atoms with Crippen molar-refractivity contribution in [2.75, 3.05) is 7.11 Å². The van der Waals surface area contributed by atoms with Gasteiger partial charge in [-0.1, -0.05) is 25.7 Å². The Morgan fingerprint density at radius 1 is 1.11 bits per heavy atom. The average Bonchev–Trinajstić information content (AvgIpc) is 2.67. The zero-order valence-corrected chi connectivity index (χ0v) is 11.6. The Hall–Kier alpha value is -0.590. The lowest BCUT2D eigenvalue weighted by Gasteiger charge is -2.38. The van der Waals surface area contributed by atoms with Gasteiger partial charge in [-0.25, -0.2) is 0 Å². The summed E-state index contributed by atoms with van der Waals surface area (Å²) < 4.78 is 5.47. The Bertz CT molecular complexity index is 291. The van der Waals surface area contributed by atoms with Gasteiger partial charge in [-0.2, -0.15) is 5.26 Å². The van der Waals surface area contributed by atoms with Crippen LogP contribution in [-0.2, 0) is 4.74 Å². The van der Waals surface area contributed by atoms with E-state index in [2.05, 4.69) is 11.4 Å². The van der Waals surface area contributed by atoms with Gasteiger partial charge in [0, 0.05) is 19.6 Å². The first kappa shape index (κ1) is 13.8. The van der Waals surface area contributed by atoms with Gasteiger partial charge in [0.1, 0.15) is 5.54 Å². The van der Waals surface area contributed by atoms with Crippen molar-refractivity contribution in [1.82, 2.24) is 5.32 Å². The summed E-state index contributed by atoms with van der Waals surface area (Å²) >= 11 is 0. The second kappa shape index (κ2) is 6.54. The highest BCUT2D eigenvalue weighted by Gasteiger charge is 2.38. The quantitative estimate of drug-likeness (QED) is 0.783. The van der Waals surface area contributed by atoms with Crippen molar-refractivity contribution in [2.24, 2.45) is 0 Å². The molecule has 0 bridgehead atoms. The summed E-state index contributed by atoms with van der Waals surface area (Å²) in [5.74, 6) is 0. The molecule has 2 unspecified atom stereocenters. The average molecular weight is 250 g/mol. The van der Waals surface area contributed by atoms with Crippen molar-refractivity contribution >= 4 is 0 Å². The minimum atomic E-state index is -0.325. The van der Waals surface area contributed by atoms with Crippen molar-refractivity contribution in [3.05, 3.63) is 0 Å². The molecule has 0 aromatic carbocycles. The second-order valence-electron chi connectivity index (χ2n) is 5.98. The molecule has 0 aliphatic heterocycles. The summed E-state index contributed by atoms with van der Waals surface area (Å²) in [5.41, 5.74) is -0.325.